The number of fused-ring (bicyclic) bond motifs is 1. The van der Waals surface area contributed by atoms with E-state index in [1.807, 2.05) is 6.92 Å². The van der Waals surface area contributed by atoms with Crippen LogP contribution in [0.15, 0.2) is 6.33 Å². The second kappa shape index (κ2) is 19.1. The summed E-state index contributed by atoms with van der Waals surface area (Å²) in [7, 11) is -0.835. The Balaban J connectivity index is 1.84. The SMILES string of the molecule is CCCCCCCC(CCCCCCC)OC(=O)[C@H](C)N[P+](=O)OC[C@](C)(CCn1cnc2c(N)nc(F)nc21)OC. The van der Waals surface area contributed by atoms with E-state index in [4.69, 9.17) is 19.7 Å². The summed E-state index contributed by atoms with van der Waals surface area (Å²) in [4.78, 5) is 24.3. The third kappa shape index (κ3) is 12.5. The third-order valence-electron chi connectivity index (χ3n) is 7.52. The number of unbranched alkanes of at least 4 members (excludes halogenated alkanes) is 8. The number of aromatic nitrogens is 4. The Morgan fingerprint density at radius 2 is 1.71 bits per heavy atom. The molecule has 0 fully saturated rings. The largest absolute Gasteiger partial charge is 0.613 e. The van der Waals surface area contributed by atoms with E-state index in [9.17, 15) is 13.8 Å². The Morgan fingerprint density at radius 3 is 2.31 bits per heavy atom. The molecule has 42 heavy (non-hydrogen) atoms. The van der Waals surface area contributed by atoms with Crippen LogP contribution < -0.4 is 10.8 Å². The molecule has 2 aromatic rings. The highest BCUT2D eigenvalue weighted by Gasteiger charge is 2.34. The van der Waals surface area contributed by atoms with Crippen LogP contribution in [0.4, 0.5) is 10.2 Å². The van der Waals surface area contributed by atoms with Crippen molar-refractivity contribution in [3.63, 3.8) is 0 Å². The van der Waals surface area contributed by atoms with Crippen molar-refractivity contribution in [3.05, 3.63) is 12.4 Å². The van der Waals surface area contributed by atoms with Crippen LogP contribution in [0.25, 0.3) is 11.2 Å². The molecule has 2 aromatic heterocycles. The number of ether oxygens (including phenoxy) is 2. The number of aryl methyl sites for hydroxylation is 1. The van der Waals surface area contributed by atoms with Crippen molar-refractivity contribution >= 4 is 31.1 Å². The maximum atomic E-state index is 13.7. The van der Waals surface area contributed by atoms with E-state index in [-0.39, 0.29) is 24.2 Å². The molecule has 2 heterocycles. The molecule has 0 aliphatic carbocycles. The van der Waals surface area contributed by atoms with Crippen molar-refractivity contribution in [2.45, 2.75) is 135 Å². The van der Waals surface area contributed by atoms with Gasteiger partial charge in [0.25, 0.3) is 0 Å². The molecule has 0 aliphatic heterocycles. The summed E-state index contributed by atoms with van der Waals surface area (Å²) in [6.45, 7) is 8.18. The number of carbonyl (C=O) groups excluding carboxylic acids is 1. The van der Waals surface area contributed by atoms with E-state index in [2.05, 4.69) is 33.9 Å². The van der Waals surface area contributed by atoms with E-state index in [1.54, 1.807) is 11.5 Å². The number of halogens is 1. The van der Waals surface area contributed by atoms with Crippen LogP contribution >= 0.6 is 8.18 Å². The quantitative estimate of drug-likeness (QED) is 0.0607. The fraction of sp³-hybridized carbons (Fsp3) is 0.793. The lowest BCUT2D eigenvalue weighted by molar-refractivity contribution is -0.151. The third-order valence-corrected chi connectivity index (χ3v) is 8.48. The van der Waals surface area contributed by atoms with Crippen molar-refractivity contribution in [2.75, 3.05) is 19.5 Å². The molecule has 0 aromatic carbocycles. The number of nitrogens with two attached hydrogens (primary N) is 1. The van der Waals surface area contributed by atoms with Gasteiger partial charge in [-0.25, -0.2) is 4.98 Å². The molecule has 0 bridgehead atoms. The highest BCUT2D eigenvalue weighted by Crippen LogP contribution is 2.26. The first-order chi connectivity index (χ1) is 20.1. The Morgan fingerprint density at radius 1 is 1.10 bits per heavy atom. The molecule has 0 amide bonds. The molecule has 0 spiro atoms. The first-order valence-corrected chi connectivity index (χ1v) is 16.6. The monoisotopic (exact) mass is 613 g/mol. The van der Waals surface area contributed by atoms with Crippen LogP contribution in [0.2, 0.25) is 0 Å². The van der Waals surface area contributed by atoms with E-state index in [0.29, 0.717) is 18.5 Å². The predicted molar refractivity (Wildman–Crippen MR) is 163 cm³/mol. The molecule has 1 unspecified atom stereocenters. The number of nitrogen functional groups attached to an aromatic ring is 1. The van der Waals surface area contributed by atoms with Gasteiger partial charge in [-0.1, -0.05) is 70.3 Å². The minimum absolute atomic E-state index is 0.0102. The van der Waals surface area contributed by atoms with Gasteiger partial charge in [-0.2, -0.15) is 14.4 Å². The molecule has 0 radical (unpaired) electrons. The van der Waals surface area contributed by atoms with E-state index >= 15 is 0 Å². The zero-order valence-electron chi connectivity index (χ0n) is 26.1. The number of esters is 1. The van der Waals surface area contributed by atoms with Crippen LogP contribution in [0, 0.1) is 6.08 Å². The summed E-state index contributed by atoms with van der Waals surface area (Å²) in [5.41, 5.74) is 5.50. The maximum Gasteiger partial charge on any atom is 0.613 e. The summed E-state index contributed by atoms with van der Waals surface area (Å²) in [5.74, 6) is -0.459. The summed E-state index contributed by atoms with van der Waals surface area (Å²) >= 11 is 0. The van der Waals surface area contributed by atoms with Gasteiger partial charge in [-0.15, -0.1) is 4.52 Å². The zero-order valence-corrected chi connectivity index (χ0v) is 27.0. The average molecular weight is 614 g/mol. The first-order valence-electron chi connectivity index (χ1n) is 15.4. The number of carbonyl (C=O) groups is 1. The highest BCUT2D eigenvalue weighted by atomic mass is 31.1. The van der Waals surface area contributed by atoms with Crippen LogP contribution in [0.3, 0.4) is 0 Å². The fourth-order valence-corrected chi connectivity index (χ4v) is 5.50. The van der Waals surface area contributed by atoms with Gasteiger partial charge >= 0.3 is 20.2 Å². The molecule has 3 atom stereocenters. The second-order valence-corrected chi connectivity index (χ2v) is 12.3. The Labute approximate surface area is 250 Å². The predicted octanol–water partition coefficient (Wildman–Crippen LogP) is 6.63. The molecule has 3 N–H and O–H groups in total. The molecule has 238 valence electrons. The second-order valence-electron chi connectivity index (χ2n) is 11.2. The standard InChI is InChI=1S/C29H51FN6O5P/c1-6-8-10-12-14-16-23(17-15-13-11-9-7-2)41-27(37)22(3)35-42(38)40-20-29(4,39-5)18-19-36-21-32-24-25(31)33-28(30)34-26(24)36/h21-23H,6-20H2,1-5H3,(H,35,38)(H2,31,33,34)/q+1/t22-,29-/m0/s1. The lowest BCUT2D eigenvalue weighted by Crippen LogP contribution is -2.36. The van der Waals surface area contributed by atoms with Gasteiger partial charge in [0, 0.05) is 13.7 Å². The molecular formula is C29H51FN6O5P+. The molecule has 0 saturated heterocycles. The van der Waals surface area contributed by atoms with Crippen molar-refractivity contribution < 1.29 is 27.7 Å². The van der Waals surface area contributed by atoms with Crippen molar-refractivity contribution in [3.8, 4) is 0 Å². The van der Waals surface area contributed by atoms with Crippen molar-refractivity contribution in [1.82, 2.24) is 24.6 Å². The minimum Gasteiger partial charge on any atom is -0.461 e. The first kappa shape index (κ1) is 35.9. The van der Waals surface area contributed by atoms with Crippen LogP contribution in [0.1, 0.15) is 111 Å². The molecule has 0 aliphatic rings. The van der Waals surface area contributed by atoms with Gasteiger partial charge in [-0.05, 0) is 50.5 Å². The molecule has 2 rings (SSSR count). The smallest absolute Gasteiger partial charge is 0.461 e. The Hall–Kier alpha value is -2.27. The fourth-order valence-electron chi connectivity index (χ4n) is 4.62. The lowest BCUT2D eigenvalue weighted by atomic mass is 10.0. The van der Waals surface area contributed by atoms with Crippen molar-refractivity contribution in [1.29, 1.82) is 0 Å². The van der Waals surface area contributed by atoms with E-state index in [0.717, 1.165) is 38.5 Å². The van der Waals surface area contributed by atoms with Gasteiger partial charge in [0.05, 0.1) is 11.9 Å². The zero-order chi connectivity index (χ0) is 31.0. The number of anilines is 1. The summed E-state index contributed by atoms with van der Waals surface area (Å²) < 4.78 is 45.1. The average Bonchev–Trinajstić information content (AvgIpc) is 3.37. The molecular weight excluding hydrogens is 562 g/mol. The lowest BCUT2D eigenvalue weighted by Gasteiger charge is -2.25. The number of methoxy groups -OCH3 is 1. The highest BCUT2D eigenvalue weighted by molar-refractivity contribution is 7.36. The van der Waals surface area contributed by atoms with Gasteiger partial charge < -0.3 is 19.8 Å². The van der Waals surface area contributed by atoms with Crippen LogP contribution in [-0.2, 0) is 29.9 Å². The number of rotatable bonds is 23. The Bertz CT molecular complexity index is 1090. The normalized spacial score (nSPS) is 14.3. The Kier molecular flexibility index (Phi) is 16.3. The summed E-state index contributed by atoms with van der Waals surface area (Å²) in [5, 5.41) is 2.73. The van der Waals surface area contributed by atoms with Gasteiger partial charge in [-0.3, -0.25) is 4.79 Å². The topological polar surface area (TPSA) is 143 Å². The number of nitrogens with one attached hydrogen (secondary N) is 1. The molecule has 11 nitrogen and oxygen atoms in total. The summed E-state index contributed by atoms with van der Waals surface area (Å²) in [6.07, 6.45) is 14.1. The van der Waals surface area contributed by atoms with Gasteiger partial charge in [0.15, 0.2) is 11.5 Å². The number of hydrogen-bond acceptors (Lipinski definition) is 9. The van der Waals surface area contributed by atoms with E-state index in [1.165, 1.54) is 52.0 Å². The van der Waals surface area contributed by atoms with Crippen LogP contribution in [-0.4, -0.2) is 57.0 Å². The number of imidazole rings is 1. The van der Waals surface area contributed by atoms with Crippen molar-refractivity contribution in [2.24, 2.45) is 0 Å². The van der Waals surface area contributed by atoms with Gasteiger partial charge in [0.2, 0.25) is 0 Å². The maximum absolute atomic E-state index is 13.7. The number of hydrogen-bond donors (Lipinski definition) is 2. The molecule has 13 heteroatoms. The van der Waals surface area contributed by atoms with Gasteiger partial charge in [0.1, 0.15) is 24.3 Å². The van der Waals surface area contributed by atoms with E-state index < -0.39 is 31.9 Å². The number of nitrogens with zero attached hydrogens (tertiary/aromatic N) is 4. The minimum atomic E-state index is -2.36. The molecule has 0 saturated carbocycles. The summed E-state index contributed by atoms with van der Waals surface area (Å²) in [6, 6.07) is -0.789. The van der Waals surface area contributed by atoms with Crippen LogP contribution in [0.5, 0.6) is 0 Å².